The van der Waals surface area contributed by atoms with E-state index in [0.717, 1.165) is 21.6 Å². The van der Waals surface area contributed by atoms with E-state index >= 15 is 0 Å². The third kappa shape index (κ3) is 2.98. The maximum absolute atomic E-state index is 6.13. The van der Waals surface area contributed by atoms with Gasteiger partial charge in [-0.1, -0.05) is 18.5 Å². The van der Waals surface area contributed by atoms with E-state index in [-0.39, 0.29) is 5.54 Å². The molecule has 1 heterocycles. The monoisotopic (exact) mass is 348 g/mol. The van der Waals surface area contributed by atoms with Gasteiger partial charge in [0.1, 0.15) is 0 Å². The summed E-state index contributed by atoms with van der Waals surface area (Å²) in [5, 5.41) is 4.85. The fourth-order valence-electron chi connectivity index (χ4n) is 2.36. The molecule has 100 valence electrons. The second kappa shape index (κ2) is 6.04. The van der Waals surface area contributed by atoms with Gasteiger partial charge in [0, 0.05) is 22.0 Å². The van der Waals surface area contributed by atoms with Gasteiger partial charge in [0.25, 0.3) is 0 Å². The summed E-state index contributed by atoms with van der Waals surface area (Å²) in [6.07, 6.45) is 2.33. The number of halogens is 2. The number of benzene rings is 1. The average Bonchev–Trinajstić information content (AvgIpc) is 2.37. The summed E-state index contributed by atoms with van der Waals surface area (Å²) in [4.78, 5) is 0. The van der Waals surface area contributed by atoms with E-state index < -0.39 is 0 Å². The van der Waals surface area contributed by atoms with Gasteiger partial charge < -0.3 is 11.1 Å². The highest BCUT2D eigenvalue weighted by atomic mass is 79.9. The number of hydrogen-bond acceptors (Lipinski definition) is 3. The van der Waals surface area contributed by atoms with Crippen LogP contribution in [0.1, 0.15) is 19.8 Å². The molecular formula is C13H18BrClN2S. The number of thioether (sulfide) groups is 1. The summed E-state index contributed by atoms with van der Waals surface area (Å²) in [5.74, 6) is 1.23. The van der Waals surface area contributed by atoms with Gasteiger partial charge in [-0.05, 0) is 52.7 Å². The predicted molar refractivity (Wildman–Crippen MR) is 85.7 cm³/mol. The largest absolute Gasteiger partial charge is 0.377 e. The molecule has 1 fully saturated rings. The van der Waals surface area contributed by atoms with E-state index in [9.17, 15) is 0 Å². The highest BCUT2D eigenvalue weighted by Crippen LogP contribution is 2.37. The molecule has 0 saturated carbocycles. The molecule has 2 unspecified atom stereocenters. The zero-order valence-electron chi connectivity index (χ0n) is 10.4. The smallest absolute Gasteiger partial charge is 0.0611 e. The Labute approximate surface area is 126 Å². The van der Waals surface area contributed by atoms with Gasteiger partial charge in [-0.25, -0.2) is 0 Å². The van der Waals surface area contributed by atoms with E-state index in [2.05, 4.69) is 28.2 Å². The zero-order chi connectivity index (χ0) is 13.2. The molecule has 2 nitrogen and oxygen atoms in total. The summed E-state index contributed by atoms with van der Waals surface area (Å²) in [5.41, 5.74) is 7.06. The minimum atomic E-state index is -0.0138. The Morgan fingerprint density at radius 1 is 1.61 bits per heavy atom. The van der Waals surface area contributed by atoms with Crippen molar-refractivity contribution in [2.45, 2.75) is 30.6 Å². The van der Waals surface area contributed by atoms with E-state index in [4.69, 9.17) is 17.3 Å². The molecule has 0 aromatic heterocycles. The third-order valence-electron chi connectivity index (χ3n) is 3.59. The van der Waals surface area contributed by atoms with E-state index in [1.807, 2.05) is 30.0 Å². The van der Waals surface area contributed by atoms with E-state index in [0.29, 0.717) is 11.8 Å². The summed E-state index contributed by atoms with van der Waals surface area (Å²) in [6, 6.07) is 5.96. The molecule has 1 aliphatic rings. The standard InChI is InChI=1S/C13H18BrClN2S/c1-9-13(8-16,5-2-6-18-9)17-10-3-4-11(14)12(15)7-10/h3-4,7,9,17H,2,5-6,8,16H2,1H3. The quantitative estimate of drug-likeness (QED) is 0.861. The first kappa shape index (κ1) is 14.5. The molecule has 2 rings (SSSR count). The number of nitrogens with one attached hydrogen (secondary N) is 1. The summed E-state index contributed by atoms with van der Waals surface area (Å²) >= 11 is 11.5. The van der Waals surface area contributed by atoms with Crippen LogP contribution in [0.4, 0.5) is 5.69 Å². The first-order chi connectivity index (χ1) is 8.57. The van der Waals surface area contributed by atoms with Crippen LogP contribution in [0.25, 0.3) is 0 Å². The Morgan fingerprint density at radius 2 is 2.39 bits per heavy atom. The lowest BCUT2D eigenvalue weighted by Crippen LogP contribution is -2.54. The highest BCUT2D eigenvalue weighted by Gasteiger charge is 2.37. The van der Waals surface area contributed by atoms with E-state index in [1.165, 1.54) is 12.2 Å². The van der Waals surface area contributed by atoms with Crippen LogP contribution in [0.2, 0.25) is 5.02 Å². The maximum atomic E-state index is 6.13. The lowest BCUT2D eigenvalue weighted by Gasteiger charge is -2.43. The van der Waals surface area contributed by atoms with Gasteiger partial charge in [-0.15, -0.1) is 0 Å². The van der Waals surface area contributed by atoms with Crippen LogP contribution >= 0.6 is 39.3 Å². The van der Waals surface area contributed by atoms with Gasteiger partial charge in [-0.3, -0.25) is 0 Å². The first-order valence-electron chi connectivity index (χ1n) is 6.12. The van der Waals surface area contributed by atoms with Crippen LogP contribution in [-0.2, 0) is 0 Å². The molecule has 0 aliphatic carbocycles. The second-order valence-corrected chi connectivity index (χ2v) is 7.44. The van der Waals surface area contributed by atoms with Crippen molar-refractivity contribution < 1.29 is 0 Å². The molecule has 1 aliphatic heterocycles. The molecule has 0 bridgehead atoms. The molecule has 0 amide bonds. The van der Waals surface area contributed by atoms with Gasteiger partial charge in [0.15, 0.2) is 0 Å². The van der Waals surface area contributed by atoms with Gasteiger partial charge in [0.2, 0.25) is 0 Å². The summed E-state index contributed by atoms with van der Waals surface area (Å²) in [6.45, 7) is 2.90. The summed E-state index contributed by atoms with van der Waals surface area (Å²) < 4.78 is 0.919. The molecule has 3 N–H and O–H groups in total. The Morgan fingerprint density at radius 3 is 3.00 bits per heavy atom. The molecule has 0 radical (unpaired) electrons. The van der Waals surface area contributed by atoms with Crippen molar-refractivity contribution in [3.05, 3.63) is 27.7 Å². The van der Waals surface area contributed by atoms with Crippen molar-refractivity contribution in [2.75, 3.05) is 17.6 Å². The molecule has 1 saturated heterocycles. The van der Waals surface area contributed by atoms with Crippen molar-refractivity contribution in [1.29, 1.82) is 0 Å². The number of nitrogens with two attached hydrogens (primary N) is 1. The van der Waals surface area contributed by atoms with Crippen LogP contribution in [0.5, 0.6) is 0 Å². The van der Waals surface area contributed by atoms with Gasteiger partial charge in [-0.2, -0.15) is 11.8 Å². The minimum absolute atomic E-state index is 0.0138. The van der Waals surface area contributed by atoms with Gasteiger partial charge in [0.05, 0.1) is 10.6 Å². The van der Waals surface area contributed by atoms with Crippen molar-refractivity contribution in [3.8, 4) is 0 Å². The predicted octanol–water partition coefficient (Wildman–Crippen LogP) is 4.13. The number of anilines is 1. The fraction of sp³-hybridized carbons (Fsp3) is 0.538. The second-order valence-electron chi connectivity index (χ2n) is 4.73. The minimum Gasteiger partial charge on any atom is -0.377 e. The number of rotatable bonds is 3. The normalized spacial score (nSPS) is 28.1. The van der Waals surface area contributed by atoms with Crippen LogP contribution < -0.4 is 11.1 Å². The molecule has 18 heavy (non-hydrogen) atoms. The van der Waals surface area contributed by atoms with Crippen molar-refractivity contribution in [3.63, 3.8) is 0 Å². The van der Waals surface area contributed by atoms with Crippen LogP contribution in [-0.4, -0.2) is 23.1 Å². The highest BCUT2D eigenvalue weighted by molar-refractivity contribution is 9.10. The van der Waals surface area contributed by atoms with Crippen molar-refractivity contribution >= 4 is 45.0 Å². The Kier molecular flexibility index (Phi) is 4.86. The van der Waals surface area contributed by atoms with Crippen molar-refractivity contribution in [2.24, 2.45) is 5.73 Å². The molecule has 0 spiro atoms. The molecule has 2 atom stereocenters. The van der Waals surface area contributed by atoms with Crippen LogP contribution in [0, 0.1) is 0 Å². The molecule has 5 heteroatoms. The van der Waals surface area contributed by atoms with Crippen LogP contribution in [0.3, 0.4) is 0 Å². The lowest BCUT2D eigenvalue weighted by molar-refractivity contribution is 0.422. The molecular weight excluding hydrogens is 332 g/mol. The lowest BCUT2D eigenvalue weighted by atomic mass is 9.89. The Balaban J connectivity index is 2.21. The topological polar surface area (TPSA) is 38.0 Å². The maximum Gasteiger partial charge on any atom is 0.0611 e. The molecule has 1 aromatic rings. The van der Waals surface area contributed by atoms with Crippen molar-refractivity contribution in [1.82, 2.24) is 0 Å². The van der Waals surface area contributed by atoms with Crippen LogP contribution in [0.15, 0.2) is 22.7 Å². The van der Waals surface area contributed by atoms with E-state index in [1.54, 1.807) is 0 Å². The average molecular weight is 350 g/mol. The first-order valence-corrected chi connectivity index (χ1v) is 8.34. The Bertz CT molecular complexity index is 429. The van der Waals surface area contributed by atoms with Gasteiger partial charge >= 0.3 is 0 Å². The number of hydrogen-bond donors (Lipinski definition) is 2. The SMILES string of the molecule is CC1SCCCC1(CN)Nc1ccc(Br)c(Cl)c1. The Hall–Kier alpha value is 0.1000. The summed E-state index contributed by atoms with van der Waals surface area (Å²) in [7, 11) is 0. The zero-order valence-corrected chi connectivity index (χ0v) is 13.5. The fourth-order valence-corrected chi connectivity index (χ4v) is 4.04. The third-order valence-corrected chi connectivity index (χ3v) is 6.30. The molecule has 1 aromatic carbocycles.